The van der Waals surface area contributed by atoms with Gasteiger partial charge in [-0.15, -0.1) is 0 Å². The maximum Gasteiger partial charge on any atom is 0.143 e. The van der Waals surface area contributed by atoms with Crippen LogP contribution in [-0.4, -0.2) is 63.1 Å². The third-order valence-corrected chi connectivity index (χ3v) is 5.43. The van der Waals surface area contributed by atoms with E-state index in [4.69, 9.17) is 20.4 Å². The van der Waals surface area contributed by atoms with E-state index in [9.17, 15) is 0 Å². The summed E-state index contributed by atoms with van der Waals surface area (Å²) >= 11 is 0. The molecular weight excluding hydrogens is 276 g/mol. The molecule has 20 heavy (non-hydrogen) atoms. The van der Waals surface area contributed by atoms with Gasteiger partial charge in [-0.1, -0.05) is 26.7 Å². The Morgan fingerprint density at radius 2 is 1.75 bits per heavy atom. The molecule has 0 aromatic carbocycles. The first kappa shape index (κ1) is 22.5. The first-order valence-corrected chi connectivity index (χ1v) is 9.57. The minimum atomic E-state index is -0.177. The number of hydrogen-bond acceptors (Lipinski definition) is 4. The fraction of sp³-hybridized carbons (Fsp3) is 1.00. The van der Waals surface area contributed by atoms with Crippen LogP contribution in [0.4, 0.5) is 0 Å². The highest BCUT2D eigenvalue weighted by molar-refractivity contribution is 7.97. The molecular formula is C15H35O4S+. The van der Waals surface area contributed by atoms with Crippen LogP contribution in [0.2, 0.25) is 0 Å². The van der Waals surface area contributed by atoms with Crippen molar-refractivity contribution in [1.29, 1.82) is 0 Å². The Hall–Kier alpha value is 0.190. The average molecular weight is 312 g/mol. The largest absolute Gasteiger partial charge is 0.396 e. The molecule has 5 heteroatoms. The van der Waals surface area contributed by atoms with Crippen LogP contribution in [0.3, 0.4) is 0 Å². The monoisotopic (exact) mass is 311 g/mol. The molecule has 0 aromatic rings. The minimum Gasteiger partial charge on any atom is -0.396 e. The lowest BCUT2D eigenvalue weighted by atomic mass is 10.1. The molecule has 0 aromatic heterocycles. The van der Waals surface area contributed by atoms with E-state index in [0.717, 1.165) is 37.9 Å². The summed E-state index contributed by atoms with van der Waals surface area (Å²) in [7, 11) is 0.259. The van der Waals surface area contributed by atoms with Gasteiger partial charge in [0.2, 0.25) is 0 Å². The molecule has 1 rings (SSSR count). The number of aliphatic hydroxyl groups excluding tert-OH is 4. The van der Waals surface area contributed by atoms with Crippen molar-refractivity contribution in [2.75, 3.05) is 25.2 Å². The van der Waals surface area contributed by atoms with E-state index in [1.54, 1.807) is 6.92 Å². The Labute approximate surface area is 127 Å². The Morgan fingerprint density at radius 3 is 2.05 bits per heavy atom. The maximum atomic E-state index is 9.10. The summed E-state index contributed by atoms with van der Waals surface area (Å²) in [6.07, 6.45) is 6.37. The van der Waals surface area contributed by atoms with Crippen molar-refractivity contribution in [3.63, 3.8) is 0 Å². The van der Waals surface area contributed by atoms with Crippen molar-refractivity contribution in [2.45, 2.75) is 70.3 Å². The van der Waals surface area contributed by atoms with Gasteiger partial charge in [-0.05, 0) is 30.7 Å². The highest BCUT2D eigenvalue weighted by atomic mass is 32.2. The van der Waals surface area contributed by atoms with Crippen molar-refractivity contribution >= 4 is 10.9 Å². The van der Waals surface area contributed by atoms with Gasteiger partial charge in [-0.2, -0.15) is 0 Å². The van der Waals surface area contributed by atoms with Crippen molar-refractivity contribution < 1.29 is 20.4 Å². The van der Waals surface area contributed by atoms with Crippen molar-refractivity contribution in [2.24, 2.45) is 0 Å². The Balaban J connectivity index is 0. The van der Waals surface area contributed by atoms with Gasteiger partial charge in [0, 0.05) is 13.0 Å². The molecule has 4 N–H and O–H groups in total. The summed E-state index contributed by atoms with van der Waals surface area (Å²) in [6.45, 7) is 6.31. The minimum absolute atomic E-state index is 0.143. The van der Waals surface area contributed by atoms with Gasteiger partial charge in [-0.25, -0.2) is 0 Å². The summed E-state index contributed by atoms with van der Waals surface area (Å²) in [5.41, 5.74) is 0. The maximum absolute atomic E-state index is 9.10. The third-order valence-electron chi connectivity index (χ3n) is 3.04. The molecule has 0 aliphatic carbocycles. The predicted octanol–water partition coefficient (Wildman–Crippen LogP) is 1.31. The lowest BCUT2D eigenvalue weighted by Crippen LogP contribution is -2.18. The van der Waals surface area contributed by atoms with Gasteiger partial charge in [-0.3, -0.25) is 0 Å². The Kier molecular flexibility index (Phi) is 17.5. The molecule has 0 saturated carbocycles. The van der Waals surface area contributed by atoms with Crippen LogP contribution in [-0.2, 0) is 10.9 Å². The lowest BCUT2D eigenvalue weighted by Gasteiger charge is -2.01. The molecule has 1 fully saturated rings. The van der Waals surface area contributed by atoms with E-state index in [1.807, 2.05) is 13.8 Å². The molecule has 4 unspecified atom stereocenters. The second kappa shape index (κ2) is 15.6. The van der Waals surface area contributed by atoms with Crippen LogP contribution in [0.25, 0.3) is 0 Å². The normalized spacial score (nSPS) is 26.1. The summed E-state index contributed by atoms with van der Waals surface area (Å²) in [5.74, 6) is 0.894. The lowest BCUT2D eigenvalue weighted by molar-refractivity contribution is 0.178. The summed E-state index contributed by atoms with van der Waals surface area (Å²) in [4.78, 5) is 0. The zero-order chi connectivity index (χ0) is 16.0. The van der Waals surface area contributed by atoms with Crippen molar-refractivity contribution in [3.05, 3.63) is 0 Å². The molecule has 0 spiro atoms. The van der Waals surface area contributed by atoms with Crippen molar-refractivity contribution in [3.8, 4) is 0 Å². The van der Waals surface area contributed by atoms with Gasteiger partial charge in [0.25, 0.3) is 0 Å². The molecule has 1 heterocycles. The standard InChI is InChI=1S/C7H16O2.C6H13O2S.C2H6/c1-7(9)5-3-2-4-6-8;1-9-4-5(8)2-6(9)3-7;1-2/h7-9H,2-6H2,1H3;5-8H,2-4H2,1H3;1-2H3/q;+1;. The molecule has 0 bridgehead atoms. The van der Waals surface area contributed by atoms with E-state index in [-0.39, 0.29) is 36.3 Å². The van der Waals surface area contributed by atoms with Crippen molar-refractivity contribution in [1.82, 2.24) is 0 Å². The number of unbranched alkanes of at least 4 members (excludes halogenated alkanes) is 2. The molecule has 4 atom stereocenters. The molecule has 0 radical (unpaired) electrons. The molecule has 1 aliphatic heterocycles. The summed E-state index contributed by atoms with van der Waals surface area (Å²) in [6, 6.07) is 0. The van der Waals surface area contributed by atoms with Gasteiger partial charge in [0.1, 0.15) is 17.1 Å². The van der Waals surface area contributed by atoms with E-state index in [1.165, 1.54) is 0 Å². The average Bonchev–Trinajstić information content (AvgIpc) is 2.76. The van der Waals surface area contributed by atoms with Gasteiger partial charge in [0.15, 0.2) is 0 Å². The van der Waals surface area contributed by atoms with Crippen LogP contribution in [0.1, 0.15) is 52.9 Å². The fourth-order valence-electron chi connectivity index (χ4n) is 1.91. The first-order valence-electron chi connectivity index (χ1n) is 7.70. The number of aliphatic hydroxyl groups is 4. The highest BCUT2D eigenvalue weighted by Crippen LogP contribution is 2.19. The van der Waals surface area contributed by atoms with Crippen LogP contribution in [0, 0.1) is 0 Å². The zero-order valence-corrected chi connectivity index (χ0v) is 14.4. The topological polar surface area (TPSA) is 80.9 Å². The van der Waals surface area contributed by atoms with Gasteiger partial charge >= 0.3 is 0 Å². The van der Waals surface area contributed by atoms with Crippen LogP contribution >= 0.6 is 0 Å². The van der Waals surface area contributed by atoms with E-state index >= 15 is 0 Å². The molecule has 4 nitrogen and oxygen atoms in total. The van der Waals surface area contributed by atoms with Crippen LogP contribution < -0.4 is 0 Å². The second-order valence-electron chi connectivity index (χ2n) is 4.97. The third kappa shape index (κ3) is 13.2. The summed E-state index contributed by atoms with van der Waals surface area (Å²) in [5, 5.41) is 35.4. The Bertz CT molecular complexity index is 191. The molecule has 124 valence electrons. The summed E-state index contributed by atoms with van der Waals surface area (Å²) < 4.78 is 0. The fourth-order valence-corrected chi connectivity index (χ4v) is 3.73. The quantitative estimate of drug-likeness (QED) is 0.440. The van der Waals surface area contributed by atoms with E-state index < -0.39 is 0 Å². The number of hydrogen-bond donors (Lipinski definition) is 4. The van der Waals surface area contributed by atoms with Crippen LogP contribution in [0.15, 0.2) is 0 Å². The predicted molar refractivity (Wildman–Crippen MR) is 88.2 cm³/mol. The molecule has 1 saturated heterocycles. The van der Waals surface area contributed by atoms with Gasteiger partial charge in [0.05, 0.1) is 19.0 Å². The smallest absolute Gasteiger partial charge is 0.143 e. The second-order valence-corrected chi connectivity index (χ2v) is 7.36. The highest BCUT2D eigenvalue weighted by Gasteiger charge is 2.37. The number of rotatable bonds is 6. The van der Waals surface area contributed by atoms with E-state index in [2.05, 4.69) is 6.26 Å². The zero-order valence-electron chi connectivity index (χ0n) is 13.6. The van der Waals surface area contributed by atoms with Gasteiger partial charge < -0.3 is 20.4 Å². The van der Waals surface area contributed by atoms with E-state index in [0.29, 0.717) is 5.25 Å². The van der Waals surface area contributed by atoms with Crippen LogP contribution in [0.5, 0.6) is 0 Å². The first-order chi connectivity index (χ1) is 9.51. The molecule has 0 amide bonds. The Morgan fingerprint density at radius 1 is 1.15 bits per heavy atom. The molecule has 1 aliphatic rings. The SMILES string of the molecule is CC.CC(O)CCCCCO.C[S+]1CC(O)CC1CO.